The van der Waals surface area contributed by atoms with Crippen LogP contribution >= 0.6 is 22.9 Å². The molecule has 6 heteroatoms. The standard InChI is InChI=1S/C13H11ClFN3S/c1-7(12-3-2-4-19-12)18-11-6-9(15)8(14)5-10(11)17-13(18)16/h2-7H,1H3,(H2,16,17). The van der Waals surface area contributed by atoms with E-state index in [1.54, 1.807) is 11.3 Å². The lowest BCUT2D eigenvalue weighted by molar-refractivity contribution is 0.626. The smallest absolute Gasteiger partial charge is 0.201 e. The minimum atomic E-state index is -0.464. The van der Waals surface area contributed by atoms with E-state index in [2.05, 4.69) is 4.98 Å². The van der Waals surface area contributed by atoms with E-state index in [0.29, 0.717) is 17.0 Å². The second kappa shape index (κ2) is 4.51. The number of fused-ring (bicyclic) bond motifs is 1. The predicted molar refractivity (Wildman–Crippen MR) is 77.2 cm³/mol. The first-order valence-corrected chi connectivity index (χ1v) is 6.99. The molecule has 0 radical (unpaired) electrons. The van der Waals surface area contributed by atoms with Gasteiger partial charge >= 0.3 is 0 Å². The average Bonchev–Trinajstić information content (AvgIpc) is 2.97. The summed E-state index contributed by atoms with van der Waals surface area (Å²) in [6.45, 7) is 2.01. The molecular weight excluding hydrogens is 285 g/mol. The van der Waals surface area contributed by atoms with Gasteiger partial charge in [-0.1, -0.05) is 17.7 Å². The topological polar surface area (TPSA) is 43.8 Å². The highest BCUT2D eigenvalue weighted by Crippen LogP contribution is 2.31. The molecule has 0 fully saturated rings. The zero-order valence-corrected chi connectivity index (χ0v) is 11.7. The van der Waals surface area contributed by atoms with Gasteiger partial charge in [0, 0.05) is 10.9 Å². The molecule has 0 saturated carbocycles. The summed E-state index contributed by atoms with van der Waals surface area (Å²) in [5, 5.41) is 2.06. The Morgan fingerprint density at radius 1 is 1.47 bits per heavy atom. The van der Waals surface area contributed by atoms with Crippen LogP contribution < -0.4 is 5.73 Å². The van der Waals surface area contributed by atoms with Gasteiger partial charge in [0.05, 0.1) is 22.1 Å². The van der Waals surface area contributed by atoms with Crippen LogP contribution in [0.15, 0.2) is 29.6 Å². The molecule has 0 bridgehead atoms. The van der Waals surface area contributed by atoms with E-state index in [1.165, 1.54) is 12.1 Å². The Hall–Kier alpha value is -1.59. The summed E-state index contributed by atoms with van der Waals surface area (Å²) in [5.74, 6) is -0.105. The van der Waals surface area contributed by atoms with Crippen molar-refractivity contribution in [2.45, 2.75) is 13.0 Å². The van der Waals surface area contributed by atoms with Gasteiger partial charge in [0.2, 0.25) is 5.95 Å². The van der Waals surface area contributed by atoms with E-state index < -0.39 is 5.82 Å². The van der Waals surface area contributed by atoms with Crippen molar-refractivity contribution in [2.75, 3.05) is 5.73 Å². The van der Waals surface area contributed by atoms with Crippen LogP contribution in [-0.4, -0.2) is 9.55 Å². The molecule has 19 heavy (non-hydrogen) atoms. The van der Waals surface area contributed by atoms with Gasteiger partial charge in [0.25, 0.3) is 0 Å². The van der Waals surface area contributed by atoms with Gasteiger partial charge in [-0.05, 0) is 24.4 Å². The predicted octanol–water partition coefficient (Wildman–Crippen LogP) is 4.08. The second-order valence-corrected chi connectivity index (χ2v) is 5.67. The quantitative estimate of drug-likeness (QED) is 0.774. The summed E-state index contributed by atoms with van der Waals surface area (Å²) in [5.41, 5.74) is 7.21. The van der Waals surface area contributed by atoms with E-state index in [4.69, 9.17) is 17.3 Å². The van der Waals surface area contributed by atoms with Crippen molar-refractivity contribution in [3.63, 3.8) is 0 Å². The number of nitrogens with two attached hydrogens (primary N) is 1. The molecule has 2 aromatic heterocycles. The molecule has 0 spiro atoms. The summed E-state index contributed by atoms with van der Waals surface area (Å²) >= 11 is 7.40. The van der Waals surface area contributed by atoms with E-state index in [-0.39, 0.29) is 11.1 Å². The molecule has 2 N–H and O–H groups in total. The Morgan fingerprint density at radius 2 is 2.26 bits per heavy atom. The lowest BCUT2D eigenvalue weighted by atomic mass is 10.2. The summed E-state index contributed by atoms with van der Waals surface area (Å²) in [6.07, 6.45) is 0. The number of benzene rings is 1. The Balaban J connectivity index is 2.23. The summed E-state index contributed by atoms with van der Waals surface area (Å²) < 4.78 is 15.5. The lowest BCUT2D eigenvalue weighted by Gasteiger charge is -2.14. The van der Waals surface area contributed by atoms with E-state index in [1.807, 2.05) is 29.0 Å². The Labute approximate surface area is 118 Å². The first-order valence-electron chi connectivity index (χ1n) is 5.74. The molecule has 0 amide bonds. The molecule has 1 aromatic carbocycles. The van der Waals surface area contributed by atoms with Crippen LogP contribution in [-0.2, 0) is 0 Å². The molecule has 98 valence electrons. The van der Waals surface area contributed by atoms with Crippen LogP contribution in [0.25, 0.3) is 11.0 Å². The van der Waals surface area contributed by atoms with Crippen LogP contribution in [0.5, 0.6) is 0 Å². The SMILES string of the molecule is CC(c1cccs1)n1c(N)nc2cc(Cl)c(F)cc21. The number of rotatable bonds is 2. The maximum atomic E-state index is 13.6. The highest BCUT2D eigenvalue weighted by molar-refractivity contribution is 7.10. The lowest BCUT2D eigenvalue weighted by Crippen LogP contribution is -2.08. The first-order chi connectivity index (χ1) is 9.08. The molecule has 0 aliphatic carbocycles. The van der Waals surface area contributed by atoms with Crippen molar-refractivity contribution >= 4 is 39.9 Å². The van der Waals surface area contributed by atoms with E-state index in [9.17, 15) is 4.39 Å². The minimum absolute atomic E-state index is 0.00516. The van der Waals surface area contributed by atoms with Crippen LogP contribution in [0.2, 0.25) is 5.02 Å². The third-order valence-electron chi connectivity index (χ3n) is 3.10. The fourth-order valence-electron chi connectivity index (χ4n) is 2.17. The molecule has 0 aliphatic rings. The summed E-state index contributed by atoms with van der Waals surface area (Å²) in [7, 11) is 0. The molecule has 1 atom stereocenters. The number of halogens is 2. The number of nitrogen functional groups attached to an aromatic ring is 1. The number of aromatic nitrogens is 2. The van der Waals surface area contributed by atoms with E-state index in [0.717, 1.165) is 4.88 Å². The number of nitrogens with zero attached hydrogens (tertiary/aromatic N) is 2. The van der Waals surface area contributed by atoms with Gasteiger partial charge in [-0.25, -0.2) is 9.37 Å². The molecule has 1 unspecified atom stereocenters. The minimum Gasteiger partial charge on any atom is -0.369 e. The summed E-state index contributed by atoms with van der Waals surface area (Å²) in [4.78, 5) is 5.38. The Bertz CT molecular complexity index is 736. The van der Waals surface area contributed by atoms with Gasteiger partial charge in [0.15, 0.2) is 0 Å². The monoisotopic (exact) mass is 295 g/mol. The van der Waals surface area contributed by atoms with Crippen molar-refractivity contribution in [1.29, 1.82) is 0 Å². The van der Waals surface area contributed by atoms with Crippen LogP contribution in [0.4, 0.5) is 10.3 Å². The molecule has 2 heterocycles. The van der Waals surface area contributed by atoms with Gasteiger partial charge in [-0.3, -0.25) is 0 Å². The van der Waals surface area contributed by atoms with Crippen molar-refractivity contribution in [1.82, 2.24) is 9.55 Å². The van der Waals surface area contributed by atoms with Crippen molar-refractivity contribution in [3.05, 3.63) is 45.4 Å². The zero-order chi connectivity index (χ0) is 13.6. The van der Waals surface area contributed by atoms with E-state index >= 15 is 0 Å². The fourth-order valence-corrected chi connectivity index (χ4v) is 3.10. The highest BCUT2D eigenvalue weighted by atomic mass is 35.5. The van der Waals surface area contributed by atoms with Gasteiger partial charge < -0.3 is 10.3 Å². The molecular formula is C13H11ClFN3S. The Kier molecular flexibility index (Phi) is 2.95. The van der Waals surface area contributed by atoms with Gasteiger partial charge in [-0.2, -0.15) is 0 Å². The number of thiophene rings is 1. The third kappa shape index (κ3) is 1.99. The van der Waals surface area contributed by atoms with Crippen LogP contribution in [0.3, 0.4) is 0 Å². The van der Waals surface area contributed by atoms with Crippen LogP contribution in [0, 0.1) is 5.82 Å². The molecule has 3 aromatic rings. The van der Waals surface area contributed by atoms with Gasteiger partial charge in [0.1, 0.15) is 5.82 Å². The highest BCUT2D eigenvalue weighted by Gasteiger charge is 2.17. The number of imidazole rings is 1. The average molecular weight is 296 g/mol. The molecule has 3 rings (SSSR count). The number of hydrogen-bond acceptors (Lipinski definition) is 3. The van der Waals surface area contributed by atoms with Crippen molar-refractivity contribution < 1.29 is 4.39 Å². The first kappa shape index (κ1) is 12.4. The number of hydrogen-bond donors (Lipinski definition) is 1. The summed E-state index contributed by atoms with van der Waals surface area (Å²) in [6, 6.07) is 6.88. The molecule has 0 saturated heterocycles. The number of anilines is 1. The van der Waals surface area contributed by atoms with Crippen molar-refractivity contribution in [2.24, 2.45) is 0 Å². The van der Waals surface area contributed by atoms with Crippen LogP contribution in [0.1, 0.15) is 17.8 Å². The van der Waals surface area contributed by atoms with Gasteiger partial charge in [-0.15, -0.1) is 11.3 Å². The molecule has 3 nitrogen and oxygen atoms in total. The second-order valence-electron chi connectivity index (χ2n) is 4.29. The maximum absolute atomic E-state index is 13.6. The normalized spacial score (nSPS) is 13.0. The fraction of sp³-hybridized carbons (Fsp3) is 0.154. The Morgan fingerprint density at radius 3 is 2.95 bits per heavy atom. The third-order valence-corrected chi connectivity index (χ3v) is 4.43. The largest absolute Gasteiger partial charge is 0.369 e. The van der Waals surface area contributed by atoms with Crippen molar-refractivity contribution in [3.8, 4) is 0 Å². The zero-order valence-electron chi connectivity index (χ0n) is 10.1. The maximum Gasteiger partial charge on any atom is 0.201 e. The molecule has 0 aliphatic heterocycles.